The minimum absolute atomic E-state index is 0.00486. The molecule has 0 aliphatic heterocycles. The summed E-state index contributed by atoms with van der Waals surface area (Å²) in [5, 5.41) is 28.0. The molecule has 0 saturated heterocycles. The van der Waals surface area contributed by atoms with Gasteiger partial charge in [0.05, 0.1) is 17.4 Å². The van der Waals surface area contributed by atoms with Crippen molar-refractivity contribution in [1.82, 2.24) is 0 Å². The van der Waals surface area contributed by atoms with E-state index in [1.165, 1.54) is 6.07 Å². The molecule has 0 atom stereocenters. The minimum Gasteiger partial charge on any atom is -0.258 e. The highest BCUT2D eigenvalue weighted by molar-refractivity contribution is 5.56. The highest BCUT2D eigenvalue weighted by Crippen LogP contribution is 2.25. The molecule has 0 fully saturated rings. The molecule has 0 heterocycles. The van der Waals surface area contributed by atoms with Crippen LogP contribution in [0.25, 0.3) is 0 Å². The normalized spacial score (nSPS) is 9.00. The first-order valence-electron chi connectivity index (χ1n) is 4.15. The maximum absolute atomic E-state index is 10.7. The van der Waals surface area contributed by atoms with Gasteiger partial charge in [-0.2, -0.15) is 10.5 Å². The summed E-state index contributed by atoms with van der Waals surface area (Å²) in [6.07, 6.45) is -0.0628. The molecule has 5 heteroatoms. The first kappa shape index (κ1) is 10.7. The van der Waals surface area contributed by atoms with Gasteiger partial charge in [-0.3, -0.25) is 10.1 Å². The molecule has 0 aliphatic rings. The van der Waals surface area contributed by atoms with Crippen LogP contribution < -0.4 is 0 Å². The molecule has 0 bridgehead atoms. The maximum Gasteiger partial charge on any atom is 0.291 e. The second-order valence-corrected chi connectivity index (χ2v) is 3.02. The number of nitriles is 2. The summed E-state index contributed by atoms with van der Waals surface area (Å²) in [5.41, 5.74) is 0.774. The molecule has 0 saturated carbocycles. The predicted molar refractivity (Wildman–Crippen MR) is 51.9 cm³/mol. The van der Waals surface area contributed by atoms with Crippen molar-refractivity contribution in [2.75, 3.05) is 0 Å². The maximum atomic E-state index is 10.7. The number of benzene rings is 1. The van der Waals surface area contributed by atoms with E-state index in [0.717, 1.165) is 5.56 Å². The molecule has 0 amide bonds. The van der Waals surface area contributed by atoms with E-state index in [2.05, 4.69) is 0 Å². The Morgan fingerprint density at radius 1 is 1.47 bits per heavy atom. The quantitative estimate of drug-likeness (QED) is 0.539. The lowest BCUT2D eigenvalue weighted by Crippen LogP contribution is -1.99. The zero-order valence-electron chi connectivity index (χ0n) is 8.02. The van der Waals surface area contributed by atoms with Crippen molar-refractivity contribution in [2.45, 2.75) is 13.3 Å². The third kappa shape index (κ3) is 2.09. The van der Waals surface area contributed by atoms with E-state index in [1.54, 1.807) is 19.1 Å². The van der Waals surface area contributed by atoms with Crippen molar-refractivity contribution < 1.29 is 4.92 Å². The van der Waals surface area contributed by atoms with Crippen molar-refractivity contribution in [3.63, 3.8) is 0 Å². The monoisotopic (exact) mass is 201 g/mol. The van der Waals surface area contributed by atoms with Crippen molar-refractivity contribution in [1.29, 1.82) is 10.5 Å². The second kappa shape index (κ2) is 4.21. The first-order valence-corrected chi connectivity index (χ1v) is 4.15. The van der Waals surface area contributed by atoms with Gasteiger partial charge in [-0.15, -0.1) is 0 Å². The SMILES string of the molecule is Cc1cc(C#N)c([N+](=O)[O-])c(CC#N)c1. The lowest BCUT2D eigenvalue weighted by atomic mass is 10.0. The van der Waals surface area contributed by atoms with E-state index in [4.69, 9.17) is 10.5 Å². The molecule has 0 aliphatic carbocycles. The largest absolute Gasteiger partial charge is 0.291 e. The van der Waals surface area contributed by atoms with E-state index in [0.29, 0.717) is 5.56 Å². The third-order valence-corrected chi connectivity index (χ3v) is 1.91. The van der Waals surface area contributed by atoms with Crippen LogP contribution in [0.2, 0.25) is 0 Å². The number of nitrogens with zero attached hydrogens (tertiary/aromatic N) is 3. The summed E-state index contributed by atoms with van der Waals surface area (Å²) in [4.78, 5) is 10.1. The smallest absolute Gasteiger partial charge is 0.258 e. The molecule has 5 nitrogen and oxygen atoms in total. The Bertz CT molecular complexity index is 495. The molecule has 0 spiro atoms. The predicted octanol–water partition coefficient (Wildman–Crippen LogP) is 1.84. The zero-order chi connectivity index (χ0) is 11.4. The molecular weight excluding hydrogens is 194 g/mol. The average molecular weight is 201 g/mol. The molecule has 0 N–H and O–H groups in total. The minimum atomic E-state index is -0.620. The van der Waals surface area contributed by atoms with Crippen molar-refractivity contribution >= 4 is 5.69 Å². The fraction of sp³-hybridized carbons (Fsp3) is 0.200. The van der Waals surface area contributed by atoms with Crippen LogP contribution in [0.3, 0.4) is 0 Å². The topological polar surface area (TPSA) is 90.7 Å². The highest BCUT2D eigenvalue weighted by Gasteiger charge is 2.19. The average Bonchev–Trinajstić information content (AvgIpc) is 2.16. The Labute approximate surface area is 86.3 Å². The molecule has 1 rings (SSSR count). The van der Waals surface area contributed by atoms with E-state index in [9.17, 15) is 10.1 Å². The summed E-state index contributed by atoms with van der Waals surface area (Å²) in [6, 6.07) is 6.61. The van der Waals surface area contributed by atoms with Gasteiger partial charge in [-0.25, -0.2) is 0 Å². The molecule has 1 aromatic rings. The molecular formula is C10H7N3O2. The number of nitro benzene ring substituents is 1. The Kier molecular flexibility index (Phi) is 3.00. The van der Waals surface area contributed by atoms with Crippen LogP contribution in [0.15, 0.2) is 12.1 Å². The molecule has 74 valence electrons. The molecule has 0 unspecified atom stereocenters. The number of hydrogen-bond donors (Lipinski definition) is 0. The van der Waals surface area contributed by atoms with Crippen molar-refractivity contribution in [3.8, 4) is 12.1 Å². The Morgan fingerprint density at radius 2 is 2.13 bits per heavy atom. The van der Waals surface area contributed by atoms with Crippen LogP contribution in [0, 0.1) is 39.7 Å². The Morgan fingerprint density at radius 3 is 2.60 bits per heavy atom. The van der Waals surface area contributed by atoms with Crippen LogP contribution in [-0.2, 0) is 6.42 Å². The van der Waals surface area contributed by atoms with Crippen LogP contribution in [0.5, 0.6) is 0 Å². The van der Waals surface area contributed by atoms with Gasteiger partial charge in [-0.1, -0.05) is 0 Å². The van der Waals surface area contributed by atoms with Crippen molar-refractivity contribution in [3.05, 3.63) is 38.9 Å². The fourth-order valence-corrected chi connectivity index (χ4v) is 1.37. The Balaban J connectivity index is 3.50. The summed E-state index contributed by atoms with van der Waals surface area (Å²) in [6.45, 7) is 1.73. The fourth-order valence-electron chi connectivity index (χ4n) is 1.37. The van der Waals surface area contributed by atoms with E-state index in [-0.39, 0.29) is 17.7 Å². The zero-order valence-corrected chi connectivity index (χ0v) is 8.02. The molecule has 1 aromatic carbocycles. The standard InChI is InChI=1S/C10H7N3O2/c1-7-4-8(2-3-11)10(13(14)15)9(5-7)6-12/h4-5H,2H2,1H3. The van der Waals surface area contributed by atoms with Gasteiger partial charge in [0, 0.05) is 5.56 Å². The lowest BCUT2D eigenvalue weighted by molar-refractivity contribution is -0.385. The summed E-state index contributed by atoms with van der Waals surface area (Å²) in [5.74, 6) is 0. The lowest BCUT2D eigenvalue weighted by Gasteiger charge is -2.02. The van der Waals surface area contributed by atoms with Gasteiger partial charge >= 0.3 is 0 Å². The van der Waals surface area contributed by atoms with Crippen LogP contribution in [0.4, 0.5) is 5.69 Å². The van der Waals surface area contributed by atoms with Gasteiger partial charge in [0.1, 0.15) is 11.6 Å². The van der Waals surface area contributed by atoms with Crippen LogP contribution in [-0.4, -0.2) is 4.92 Å². The van der Waals surface area contributed by atoms with Gasteiger partial charge in [0.15, 0.2) is 0 Å². The van der Waals surface area contributed by atoms with Crippen LogP contribution >= 0.6 is 0 Å². The van der Waals surface area contributed by atoms with Gasteiger partial charge in [0.25, 0.3) is 5.69 Å². The Hall–Kier alpha value is -2.40. The summed E-state index contributed by atoms with van der Waals surface area (Å²) < 4.78 is 0. The number of aryl methyl sites for hydroxylation is 1. The number of nitro groups is 1. The van der Waals surface area contributed by atoms with Crippen LogP contribution in [0.1, 0.15) is 16.7 Å². The first-order chi connectivity index (χ1) is 7.10. The van der Waals surface area contributed by atoms with E-state index in [1.807, 2.05) is 6.07 Å². The molecule has 15 heavy (non-hydrogen) atoms. The molecule has 0 radical (unpaired) electrons. The highest BCUT2D eigenvalue weighted by atomic mass is 16.6. The van der Waals surface area contributed by atoms with Crippen molar-refractivity contribution in [2.24, 2.45) is 0 Å². The number of rotatable bonds is 2. The molecule has 0 aromatic heterocycles. The van der Waals surface area contributed by atoms with Gasteiger partial charge in [0.2, 0.25) is 0 Å². The van der Waals surface area contributed by atoms with Gasteiger partial charge in [-0.05, 0) is 24.6 Å². The summed E-state index contributed by atoms with van der Waals surface area (Å²) in [7, 11) is 0. The number of hydrogen-bond acceptors (Lipinski definition) is 4. The second-order valence-electron chi connectivity index (χ2n) is 3.02. The third-order valence-electron chi connectivity index (χ3n) is 1.91. The summed E-state index contributed by atoms with van der Waals surface area (Å²) >= 11 is 0. The van der Waals surface area contributed by atoms with E-state index < -0.39 is 4.92 Å². The van der Waals surface area contributed by atoms with Gasteiger partial charge < -0.3 is 0 Å². The van der Waals surface area contributed by atoms with E-state index >= 15 is 0 Å².